The summed E-state index contributed by atoms with van der Waals surface area (Å²) in [6.45, 7) is 0. The molecule has 5 nitrogen and oxygen atoms in total. The van der Waals surface area contributed by atoms with E-state index in [1.807, 2.05) is 0 Å². The van der Waals surface area contributed by atoms with Crippen LogP contribution in [0, 0.1) is 0 Å². The van der Waals surface area contributed by atoms with Crippen molar-refractivity contribution in [1.82, 2.24) is 0 Å². The quantitative estimate of drug-likeness (QED) is 0.288. The van der Waals surface area contributed by atoms with Gasteiger partial charge in [0.1, 0.15) is 11.5 Å². The van der Waals surface area contributed by atoms with Crippen LogP contribution in [-0.2, 0) is 0 Å². The number of carbonyl (C=O) groups is 3. The Bertz CT molecular complexity index is 958. The van der Waals surface area contributed by atoms with Crippen molar-refractivity contribution in [3.63, 3.8) is 0 Å². The Labute approximate surface area is 156 Å². The number of rotatable bonds is 6. The van der Waals surface area contributed by atoms with Crippen LogP contribution in [0.1, 0.15) is 31.1 Å². The summed E-state index contributed by atoms with van der Waals surface area (Å²) in [5, 5.41) is 0. The Kier molecular flexibility index (Phi) is 5.42. The van der Waals surface area contributed by atoms with Crippen molar-refractivity contribution in [2.45, 2.75) is 0 Å². The molecule has 0 aliphatic rings. The first kappa shape index (κ1) is 18.1. The summed E-state index contributed by atoms with van der Waals surface area (Å²) >= 11 is 0. The van der Waals surface area contributed by atoms with E-state index in [9.17, 15) is 14.4 Å². The van der Waals surface area contributed by atoms with Gasteiger partial charge in [-0.05, 0) is 36.4 Å². The normalized spacial score (nSPS) is 10.1. The van der Waals surface area contributed by atoms with E-state index in [4.69, 9.17) is 9.47 Å². The highest BCUT2D eigenvalue weighted by Crippen LogP contribution is 2.18. The number of ketones is 2. The van der Waals surface area contributed by atoms with E-state index in [0.29, 0.717) is 17.1 Å². The summed E-state index contributed by atoms with van der Waals surface area (Å²) < 4.78 is 10.3. The largest absolute Gasteiger partial charge is 0.497 e. The highest BCUT2D eigenvalue weighted by molar-refractivity contribution is 6.49. The first-order valence-corrected chi connectivity index (χ1v) is 8.19. The molecule has 0 saturated carbocycles. The predicted molar refractivity (Wildman–Crippen MR) is 99.5 cm³/mol. The molecule has 0 aliphatic carbocycles. The third-order valence-corrected chi connectivity index (χ3v) is 3.89. The third-order valence-electron chi connectivity index (χ3n) is 3.89. The summed E-state index contributed by atoms with van der Waals surface area (Å²) in [6.07, 6.45) is 0. The van der Waals surface area contributed by atoms with E-state index in [2.05, 4.69) is 0 Å². The molecule has 0 aromatic heterocycles. The first-order valence-electron chi connectivity index (χ1n) is 8.19. The molecule has 0 unspecified atom stereocenters. The van der Waals surface area contributed by atoms with Crippen molar-refractivity contribution in [1.29, 1.82) is 0 Å². The van der Waals surface area contributed by atoms with Gasteiger partial charge >= 0.3 is 5.97 Å². The molecule has 0 heterocycles. The van der Waals surface area contributed by atoms with Gasteiger partial charge in [-0.15, -0.1) is 0 Å². The molecule has 0 spiro atoms. The molecule has 0 aliphatic heterocycles. The van der Waals surface area contributed by atoms with Crippen LogP contribution >= 0.6 is 0 Å². The fourth-order valence-corrected chi connectivity index (χ4v) is 2.42. The lowest BCUT2D eigenvalue weighted by atomic mass is 10.0. The Morgan fingerprint density at radius 2 is 1.07 bits per heavy atom. The number of hydrogen-bond donors (Lipinski definition) is 0. The average Bonchev–Trinajstić information content (AvgIpc) is 2.74. The van der Waals surface area contributed by atoms with Crippen molar-refractivity contribution in [3.8, 4) is 11.5 Å². The number of carbonyl (C=O) groups excluding carboxylic acids is 3. The van der Waals surface area contributed by atoms with Gasteiger partial charge in [-0.25, -0.2) is 4.79 Å². The van der Waals surface area contributed by atoms with E-state index in [1.165, 1.54) is 24.3 Å². The molecule has 0 amide bonds. The lowest BCUT2D eigenvalue weighted by Crippen LogP contribution is -2.15. The standard InChI is InChI=1S/C22H16O5/c1-26-18-11-13-19(14-12-18)27-22(25)17-9-7-16(8-10-17)21(24)20(23)15-5-3-2-4-6-15/h2-14H,1H3. The van der Waals surface area contributed by atoms with Gasteiger partial charge in [0, 0.05) is 11.1 Å². The fraction of sp³-hybridized carbons (Fsp3) is 0.0455. The zero-order chi connectivity index (χ0) is 19.2. The van der Waals surface area contributed by atoms with Gasteiger partial charge in [-0.3, -0.25) is 9.59 Å². The average molecular weight is 360 g/mol. The molecule has 3 rings (SSSR count). The van der Waals surface area contributed by atoms with Gasteiger partial charge in [0.15, 0.2) is 0 Å². The minimum atomic E-state index is -0.628. The van der Waals surface area contributed by atoms with Gasteiger partial charge in [-0.1, -0.05) is 42.5 Å². The molecule has 134 valence electrons. The number of ether oxygens (including phenoxy) is 2. The molecule has 3 aromatic rings. The second-order valence-corrected chi connectivity index (χ2v) is 5.67. The van der Waals surface area contributed by atoms with Crippen LogP contribution in [0.4, 0.5) is 0 Å². The smallest absolute Gasteiger partial charge is 0.343 e. The zero-order valence-corrected chi connectivity index (χ0v) is 14.5. The minimum Gasteiger partial charge on any atom is -0.497 e. The fourth-order valence-electron chi connectivity index (χ4n) is 2.42. The number of benzene rings is 3. The Hall–Kier alpha value is -3.73. The molecule has 0 N–H and O–H groups in total. The minimum absolute atomic E-state index is 0.213. The van der Waals surface area contributed by atoms with Crippen LogP contribution in [0.3, 0.4) is 0 Å². The molecular formula is C22H16O5. The zero-order valence-electron chi connectivity index (χ0n) is 14.5. The molecule has 0 atom stereocenters. The molecule has 0 radical (unpaired) electrons. The Morgan fingerprint density at radius 1 is 0.593 bits per heavy atom. The van der Waals surface area contributed by atoms with Crippen molar-refractivity contribution < 1.29 is 23.9 Å². The van der Waals surface area contributed by atoms with Crippen LogP contribution in [0.5, 0.6) is 11.5 Å². The lowest BCUT2D eigenvalue weighted by Gasteiger charge is -2.06. The van der Waals surface area contributed by atoms with Crippen LogP contribution in [0.25, 0.3) is 0 Å². The first-order chi connectivity index (χ1) is 13.1. The maximum atomic E-state index is 12.3. The number of hydrogen-bond acceptors (Lipinski definition) is 5. The Morgan fingerprint density at radius 3 is 1.63 bits per heavy atom. The molecule has 5 heteroatoms. The molecule has 0 fully saturated rings. The number of Topliss-reactive ketones (excluding diaryl/α,β-unsaturated/α-hetero) is 2. The van der Waals surface area contributed by atoms with Crippen LogP contribution < -0.4 is 9.47 Å². The molecule has 27 heavy (non-hydrogen) atoms. The van der Waals surface area contributed by atoms with Gasteiger partial charge in [0.05, 0.1) is 12.7 Å². The van der Waals surface area contributed by atoms with Crippen molar-refractivity contribution >= 4 is 17.5 Å². The van der Waals surface area contributed by atoms with Gasteiger partial charge in [-0.2, -0.15) is 0 Å². The predicted octanol–water partition coefficient (Wildman–Crippen LogP) is 3.98. The second-order valence-electron chi connectivity index (χ2n) is 5.67. The number of esters is 1. The van der Waals surface area contributed by atoms with Gasteiger partial charge in [0.25, 0.3) is 0 Å². The topological polar surface area (TPSA) is 69.7 Å². The summed E-state index contributed by atoms with van der Waals surface area (Å²) in [6, 6.07) is 20.7. The van der Waals surface area contributed by atoms with Crippen LogP contribution in [-0.4, -0.2) is 24.6 Å². The summed E-state index contributed by atoms with van der Waals surface area (Å²) in [7, 11) is 1.55. The van der Waals surface area contributed by atoms with E-state index < -0.39 is 17.5 Å². The Balaban J connectivity index is 1.69. The van der Waals surface area contributed by atoms with Crippen molar-refractivity contribution in [2.75, 3.05) is 7.11 Å². The monoisotopic (exact) mass is 360 g/mol. The molecule has 3 aromatic carbocycles. The summed E-state index contributed by atoms with van der Waals surface area (Å²) in [4.78, 5) is 36.7. The highest BCUT2D eigenvalue weighted by Gasteiger charge is 2.18. The SMILES string of the molecule is COc1ccc(OC(=O)c2ccc(C(=O)C(=O)c3ccccc3)cc2)cc1. The van der Waals surface area contributed by atoms with E-state index >= 15 is 0 Å². The van der Waals surface area contributed by atoms with E-state index in [-0.39, 0.29) is 11.1 Å². The third kappa shape index (κ3) is 4.27. The van der Waals surface area contributed by atoms with Crippen molar-refractivity contribution in [2.24, 2.45) is 0 Å². The van der Waals surface area contributed by atoms with Gasteiger partial charge in [0.2, 0.25) is 11.6 Å². The lowest BCUT2D eigenvalue weighted by molar-refractivity contribution is 0.0734. The van der Waals surface area contributed by atoms with Crippen LogP contribution in [0.2, 0.25) is 0 Å². The second kappa shape index (κ2) is 8.10. The number of methoxy groups -OCH3 is 1. The molecule has 0 bridgehead atoms. The van der Waals surface area contributed by atoms with E-state index in [1.54, 1.807) is 61.7 Å². The van der Waals surface area contributed by atoms with Crippen molar-refractivity contribution in [3.05, 3.63) is 95.6 Å². The molecular weight excluding hydrogens is 344 g/mol. The summed E-state index contributed by atoms with van der Waals surface area (Å²) in [5.41, 5.74) is 0.810. The highest BCUT2D eigenvalue weighted by atomic mass is 16.5. The van der Waals surface area contributed by atoms with E-state index in [0.717, 1.165) is 0 Å². The maximum absolute atomic E-state index is 12.3. The van der Waals surface area contributed by atoms with Gasteiger partial charge < -0.3 is 9.47 Å². The summed E-state index contributed by atoms with van der Waals surface area (Å²) in [5.74, 6) is -0.755. The maximum Gasteiger partial charge on any atom is 0.343 e. The van der Waals surface area contributed by atoms with Crippen LogP contribution in [0.15, 0.2) is 78.9 Å². The molecule has 0 saturated heterocycles.